The number of piperazine rings is 1. The minimum Gasteiger partial charge on any atom is -0.489 e. The number of rotatable bonds is 6. The van der Waals surface area contributed by atoms with E-state index in [1.54, 1.807) is 12.1 Å². The third-order valence-corrected chi connectivity index (χ3v) is 4.39. The van der Waals surface area contributed by atoms with Gasteiger partial charge in [-0.2, -0.15) is 0 Å². The maximum absolute atomic E-state index is 10.2. The second-order valence-electron chi connectivity index (χ2n) is 5.87. The van der Waals surface area contributed by atoms with Crippen molar-refractivity contribution in [3.05, 3.63) is 53.7 Å². The van der Waals surface area contributed by atoms with Gasteiger partial charge in [0, 0.05) is 38.9 Å². The first-order valence-corrected chi connectivity index (χ1v) is 8.54. The highest BCUT2D eigenvalue weighted by Gasteiger charge is 2.20. The first-order valence-electron chi connectivity index (χ1n) is 8.16. The first kappa shape index (κ1) is 17.0. The van der Waals surface area contributed by atoms with E-state index in [0.717, 1.165) is 32.0 Å². The molecule has 0 amide bonds. The number of β-amino-alcohol motifs (C(OH)–C–C–N with tert-alkyl or cyclic N) is 1. The normalized spacial score (nSPS) is 16.8. The van der Waals surface area contributed by atoms with Crippen LogP contribution in [0.25, 0.3) is 0 Å². The van der Waals surface area contributed by atoms with E-state index in [2.05, 4.69) is 14.8 Å². The third-order valence-electron chi connectivity index (χ3n) is 4.08. The molecule has 0 saturated carbocycles. The van der Waals surface area contributed by atoms with Gasteiger partial charge in [0.2, 0.25) is 0 Å². The lowest BCUT2D eigenvalue weighted by Crippen LogP contribution is -2.49. The van der Waals surface area contributed by atoms with E-state index in [9.17, 15) is 5.11 Å². The molecule has 1 N–H and O–H groups in total. The van der Waals surface area contributed by atoms with Gasteiger partial charge in [-0.3, -0.25) is 4.90 Å². The summed E-state index contributed by atoms with van der Waals surface area (Å²) in [6.07, 6.45) is 1.28. The zero-order chi connectivity index (χ0) is 16.8. The van der Waals surface area contributed by atoms with E-state index in [4.69, 9.17) is 16.3 Å². The second kappa shape index (κ2) is 8.33. The quantitative estimate of drug-likeness (QED) is 0.869. The van der Waals surface area contributed by atoms with Crippen molar-refractivity contribution in [2.24, 2.45) is 0 Å². The van der Waals surface area contributed by atoms with Gasteiger partial charge in [-0.25, -0.2) is 4.98 Å². The highest BCUT2D eigenvalue weighted by atomic mass is 35.5. The molecule has 1 atom stereocenters. The Labute approximate surface area is 147 Å². The maximum atomic E-state index is 10.2. The van der Waals surface area contributed by atoms with Crippen LogP contribution in [0.1, 0.15) is 0 Å². The summed E-state index contributed by atoms with van der Waals surface area (Å²) in [6.45, 7) is 4.47. The number of benzene rings is 1. The Morgan fingerprint density at radius 1 is 1.08 bits per heavy atom. The largest absolute Gasteiger partial charge is 0.489 e. The van der Waals surface area contributed by atoms with E-state index in [0.29, 0.717) is 17.3 Å². The van der Waals surface area contributed by atoms with Crippen LogP contribution in [0.15, 0.2) is 48.7 Å². The number of aliphatic hydroxyl groups excluding tert-OH is 1. The second-order valence-corrected chi connectivity index (χ2v) is 6.28. The Morgan fingerprint density at radius 3 is 2.54 bits per heavy atom. The summed E-state index contributed by atoms with van der Waals surface area (Å²) >= 11 is 6.05. The van der Waals surface area contributed by atoms with Crippen molar-refractivity contribution in [1.82, 2.24) is 9.88 Å². The van der Waals surface area contributed by atoms with Crippen LogP contribution in [0, 0.1) is 0 Å². The van der Waals surface area contributed by atoms with Gasteiger partial charge >= 0.3 is 0 Å². The minimum absolute atomic E-state index is 0.240. The van der Waals surface area contributed by atoms with Gasteiger partial charge in [0.15, 0.2) is 0 Å². The van der Waals surface area contributed by atoms with Crippen molar-refractivity contribution < 1.29 is 9.84 Å². The molecule has 128 valence electrons. The molecule has 6 heteroatoms. The van der Waals surface area contributed by atoms with Crippen molar-refractivity contribution in [3.8, 4) is 5.75 Å². The molecule has 2 aromatic rings. The minimum atomic E-state index is -0.539. The van der Waals surface area contributed by atoms with E-state index in [1.807, 2.05) is 36.5 Å². The van der Waals surface area contributed by atoms with Crippen molar-refractivity contribution in [1.29, 1.82) is 0 Å². The van der Waals surface area contributed by atoms with Gasteiger partial charge < -0.3 is 14.7 Å². The molecule has 0 radical (unpaired) electrons. The summed E-state index contributed by atoms with van der Waals surface area (Å²) in [7, 11) is 0. The first-order chi connectivity index (χ1) is 11.7. The van der Waals surface area contributed by atoms with Crippen molar-refractivity contribution >= 4 is 17.4 Å². The molecule has 0 spiro atoms. The molecule has 1 aromatic carbocycles. The number of nitrogens with zero attached hydrogens (tertiary/aromatic N) is 3. The summed E-state index contributed by atoms with van der Waals surface area (Å²) in [5.74, 6) is 1.62. The fraction of sp³-hybridized carbons (Fsp3) is 0.389. The number of hydrogen-bond acceptors (Lipinski definition) is 5. The summed E-state index contributed by atoms with van der Waals surface area (Å²) in [4.78, 5) is 8.90. The topological polar surface area (TPSA) is 48.8 Å². The lowest BCUT2D eigenvalue weighted by Gasteiger charge is -2.36. The number of hydrogen-bond donors (Lipinski definition) is 1. The Bertz CT molecular complexity index is 633. The van der Waals surface area contributed by atoms with Crippen LogP contribution in [0.3, 0.4) is 0 Å². The molecular formula is C18H22ClN3O2. The summed E-state index contributed by atoms with van der Waals surface area (Å²) < 4.78 is 5.60. The molecule has 5 nitrogen and oxygen atoms in total. The molecule has 3 rings (SSSR count). The van der Waals surface area contributed by atoms with Gasteiger partial charge in [-0.15, -0.1) is 0 Å². The van der Waals surface area contributed by atoms with Crippen LogP contribution in [0.4, 0.5) is 5.82 Å². The zero-order valence-electron chi connectivity index (χ0n) is 13.5. The summed E-state index contributed by atoms with van der Waals surface area (Å²) in [5.41, 5.74) is 0. The van der Waals surface area contributed by atoms with Gasteiger partial charge in [-0.05, 0) is 24.3 Å². The highest BCUT2D eigenvalue weighted by Crippen LogP contribution is 2.23. The Kier molecular flexibility index (Phi) is 5.91. The lowest BCUT2D eigenvalue weighted by atomic mass is 10.2. The maximum Gasteiger partial charge on any atom is 0.138 e. The van der Waals surface area contributed by atoms with Crippen molar-refractivity contribution in [3.63, 3.8) is 0 Å². The summed E-state index contributed by atoms with van der Waals surface area (Å²) in [5, 5.41) is 10.8. The molecule has 2 heterocycles. The van der Waals surface area contributed by atoms with Gasteiger partial charge in [0.05, 0.1) is 5.02 Å². The van der Waals surface area contributed by atoms with Crippen molar-refractivity contribution in [2.45, 2.75) is 6.10 Å². The predicted octanol–water partition coefficient (Wildman–Crippen LogP) is 2.30. The van der Waals surface area contributed by atoms with Crippen molar-refractivity contribution in [2.75, 3.05) is 44.2 Å². The number of aliphatic hydroxyl groups is 1. The van der Waals surface area contributed by atoms with E-state index in [1.165, 1.54) is 0 Å². The molecule has 0 unspecified atom stereocenters. The molecule has 0 aliphatic carbocycles. The molecule has 1 fully saturated rings. The fourth-order valence-corrected chi connectivity index (χ4v) is 2.99. The predicted molar refractivity (Wildman–Crippen MR) is 95.8 cm³/mol. The standard InChI is InChI=1S/C18H22ClN3O2/c19-16-5-1-2-6-17(16)24-14-15(23)13-21-9-11-22(12-10-21)18-7-3-4-8-20-18/h1-8,15,23H,9-14H2/t15-/m1/s1. The van der Waals surface area contributed by atoms with E-state index < -0.39 is 6.10 Å². The summed E-state index contributed by atoms with van der Waals surface area (Å²) in [6, 6.07) is 13.3. The molecule has 1 aliphatic rings. The van der Waals surface area contributed by atoms with Gasteiger partial charge in [0.25, 0.3) is 0 Å². The Hall–Kier alpha value is -1.82. The number of ether oxygens (including phenoxy) is 1. The molecule has 0 bridgehead atoms. The number of aromatic nitrogens is 1. The van der Waals surface area contributed by atoms with Gasteiger partial charge in [0.1, 0.15) is 24.3 Å². The highest BCUT2D eigenvalue weighted by molar-refractivity contribution is 6.32. The van der Waals surface area contributed by atoms with Crippen LogP contribution >= 0.6 is 11.6 Å². The number of halogens is 1. The van der Waals surface area contributed by atoms with Crippen LogP contribution in [-0.4, -0.2) is 60.4 Å². The Morgan fingerprint density at radius 2 is 1.83 bits per heavy atom. The van der Waals surface area contributed by atoms with E-state index in [-0.39, 0.29) is 6.61 Å². The number of anilines is 1. The lowest BCUT2D eigenvalue weighted by molar-refractivity contribution is 0.0663. The average Bonchev–Trinajstić information content (AvgIpc) is 2.62. The van der Waals surface area contributed by atoms with Crippen LogP contribution in [0.5, 0.6) is 5.75 Å². The molecular weight excluding hydrogens is 326 g/mol. The smallest absolute Gasteiger partial charge is 0.138 e. The van der Waals surface area contributed by atoms with Crippen LogP contribution in [0.2, 0.25) is 5.02 Å². The number of pyridine rings is 1. The average molecular weight is 348 g/mol. The molecule has 1 saturated heterocycles. The third kappa shape index (κ3) is 4.60. The number of para-hydroxylation sites is 1. The SMILES string of the molecule is O[C@@H](COc1ccccc1Cl)CN1CCN(c2ccccn2)CC1. The molecule has 1 aromatic heterocycles. The zero-order valence-corrected chi connectivity index (χ0v) is 14.3. The molecule has 24 heavy (non-hydrogen) atoms. The van der Waals surface area contributed by atoms with Gasteiger partial charge in [-0.1, -0.05) is 29.8 Å². The van der Waals surface area contributed by atoms with Crippen LogP contribution in [-0.2, 0) is 0 Å². The fourth-order valence-electron chi connectivity index (χ4n) is 2.80. The molecule has 1 aliphatic heterocycles. The monoisotopic (exact) mass is 347 g/mol. The Balaban J connectivity index is 1.42. The van der Waals surface area contributed by atoms with E-state index >= 15 is 0 Å². The van der Waals surface area contributed by atoms with Crippen LogP contribution < -0.4 is 9.64 Å².